The van der Waals surface area contributed by atoms with Crippen LogP contribution in [0.2, 0.25) is 0 Å². The van der Waals surface area contributed by atoms with Gasteiger partial charge in [-0.3, -0.25) is 4.68 Å². The van der Waals surface area contributed by atoms with Crippen molar-refractivity contribution in [1.29, 1.82) is 0 Å². The Morgan fingerprint density at radius 3 is 2.87 bits per heavy atom. The Morgan fingerprint density at radius 1 is 1.67 bits per heavy atom. The molecule has 1 aliphatic rings. The second-order valence-corrected chi connectivity index (χ2v) is 4.24. The van der Waals surface area contributed by atoms with Gasteiger partial charge in [-0.25, -0.2) is 8.78 Å². The molecule has 0 aliphatic heterocycles. The molecule has 1 aromatic heterocycles. The van der Waals surface area contributed by atoms with Gasteiger partial charge in [0, 0.05) is 25.1 Å². The topological polar surface area (TPSA) is 43.8 Å². The van der Waals surface area contributed by atoms with E-state index < -0.39 is 11.8 Å². The second kappa shape index (κ2) is 3.47. The van der Waals surface area contributed by atoms with E-state index in [1.165, 1.54) is 4.68 Å². The lowest BCUT2D eigenvalue weighted by molar-refractivity contribution is -0.0433. The van der Waals surface area contributed by atoms with E-state index in [1.54, 1.807) is 13.1 Å². The van der Waals surface area contributed by atoms with Crippen LogP contribution in [-0.2, 0) is 6.54 Å². The van der Waals surface area contributed by atoms with E-state index in [-0.39, 0.29) is 13.0 Å². The number of alkyl halides is 2. The Bertz CT molecular complexity index is 340. The first-order valence-corrected chi connectivity index (χ1v) is 5.16. The monoisotopic (exact) mass is 215 g/mol. The predicted octanol–water partition coefficient (Wildman–Crippen LogP) is 2.21. The number of aryl methyl sites for hydroxylation is 1. The van der Waals surface area contributed by atoms with Crippen LogP contribution in [0, 0.1) is 12.8 Å². The van der Waals surface area contributed by atoms with Crippen LogP contribution in [0.4, 0.5) is 14.5 Å². The smallest absolute Gasteiger partial charge is 0.252 e. The number of nitrogens with zero attached hydrogens (tertiary/aromatic N) is 2. The normalized spacial score (nSPS) is 24.6. The molecule has 0 saturated heterocycles. The summed E-state index contributed by atoms with van der Waals surface area (Å²) in [5, 5.41) is 4.10. The van der Waals surface area contributed by atoms with Crippen molar-refractivity contribution in [3.05, 3.63) is 11.9 Å². The maximum Gasteiger partial charge on any atom is 0.252 e. The molecular weight excluding hydrogens is 200 g/mol. The lowest BCUT2D eigenvalue weighted by Gasteiger charge is -2.18. The molecule has 0 aromatic carbocycles. The number of halogens is 2. The highest BCUT2D eigenvalue weighted by atomic mass is 19.3. The molecule has 1 unspecified atom stereocenters. The first kappa shape index (κ1) is 10.4. The van der Waals surface area contributed by atoms with E-state index in [0.717, 1.165) is 0 Å². The minimum absolute atomic E-state index is 0.00734. The van der Waals surface area contributed by atoms with Gasteiger partial charge in [0.05, 0.1) is 11.4 Å². The summed E-state index contributed by atoms with van der Waals surface area (Å²) in [6, 6.07) is 0. The van der Waals surface area contributed by atoms with Gasteiger partial charge in [0.2, 0.25) is 0 Å². The minimum atomic E-state index is -2.53. The Labute approximate surface area is 87.3 Å². The molecule has 1 heterocycles. The molecule has 84 valence electrons. The van der Waals surface area contributed by atoms with E-state index in [4.69, 9.17) is 5.73 Å². The van der Waals surface area contributed by atoms with Crippen molar-refractivity contribution in [2.45, 2.75) is 38.7 Å². The van der Waals surface area contributed by atoms with Gasteiger partial charge in [-0.15, -0.1) is 0 Å². The van der Waals surface area contributed by atoms with Gasteiger partial charge < -0.3 is 5.73 Å². The van der Waals surface area contributed by atoms with E-state index in [1.807, 2.05) is 0 Å². The van der Waals surface area contributed by atoms with Gasteiger partial charge in [0.1, 0.15) is 0 Å². The zero-order chi connectivity index (χ0) is 11.1. The number of aromatic nitrogens is 2. The Hall–Kier alpha value is -1.13. The highest BCUT2D eigenvalue weighted by Crippen LogP contribution is 2.41. The summed E-state index contributed by atoms with van der Waals surface area (Å²) >= 11 is 0. The van der Waals surface area contributed by atoms with Crippen molar-refractivity contribution in [3.8, 4) is 0 Å². The van der Waals surface area contributed by atoms with E-state index in [9.17, 15) is 8.78 Å². The molecule has 1 aromatic rings. The molecule has 15 heavy (non-hydrogen) atoms. The van der Waals surface area contributed by atoms with Crippen molar-refractivity contribution >= 4 is 5.69 Å². The average molecular weight is 215 g/mol. The number of rotatable bonds is 2. The fraction of sp³-hybridized carbons (Fsp3) is 0.700. The quantitative estimate of drug-likeness (QED) is 0.822. The minimum Gasteiger partial charge on any atom is -0.396 e. The molecule has 0 radical (unpaired) electrons. The zero-order valence-corrected chi connectivity index (χ0v) is 8.71. The van der Waals surface area contributed by atoms with Crippen molar-refractivity contribution < 1.29 is 8.78 Å². The summed E-state index contributed by atoms with van der Waals surface area (Å²) in [7, 11) is 0. The summed E-state index contributed by atoms with van der Waals surface area (Å²) < 4.78 is 28.2. The van der Waals surface area contributed by atoms with Crippen LogP contribution >= 0.6 is 0 Å². The van der Waals surface area contributed by atoms with Gasteiger partial charge in [0.25, 0.3) is 5.92 Å². The van der Waals surface area contributed by atoms with Crippen LogP contribution in [0.5, 0.6) is 0 Å². The first-order chi connectivity index (χ1) is 6.99. The summed E-state index contributed by atoms with van der Waals surface area (Å²) in [6.45, 7) is 2.05. The van der Waals surface area contributed by atoms with Crippen molar-refractivity contribution in [3.63, 3.8) is 0 Å². The van der Waals surface area contributed by atoms with Crippen molar-refractivity contribution in [2.24, 2.45) is 5.92 Å². The maximum atomic E-state index is 13.3. The summed E-state index contributed by atoms with van der Waals surface area (Å²) in [5.74, 6) is -3.12. The van der Waals surface area contributed by atoms with Gasteiger partial charge in [0.15, 0.2) is 0 Å². The molecule has 2 rings (SSSR count). The number of hydrogen-bond donors (Lipinski definition) is 1. The summed E-state index contributed by atoms with van der Waals surface area (Å²) in [6.07, 6.45) is 2.82. The number of anilines is 1. The number of hydrogen-bond acceptors (Lipinski definition) is 2. The van der Waals surface area contributed by atoms with Gasteiger partial charge >= 0.3 is 0 Å². The molecule has 1 aliphatic carbocycles. The molecule has 1 fully saturated rings. The fourth-order valence-corrected chi connectivity index (χ4v) is 2.08. The van der Waals surface area contributed by atoms with Crippen LogP contribution in [0.3, 0.4) is 0 Å². The van der Waals surface area contributed by atoms with Crippen LogP contribution in [0.15, 0.2) is 6.20 Å². The molecular formula is C10H15F2N3. The molecule has 0 spiro atoms. The van der Waals surface area contributed by atoms with Gasteiger partial charge in [-0.2, -0.15) is 5.10 Å². The number of nitrogen functional groups attached to an aromatic ring is 1. The lowest BCUT2D eigenvalue weighted by atomic mass is 10.1. The average Bonchev–Trinajstić information content (AvgIpc) is 2.59. The molecule has 1 atom stereocenters. The highest BCUT2D eigenvalue weighted by molar-refractivity contribution is 5.39. The SMILES string of the molecule is Cc1nn(CC2CCCC2(F)F)cc1N. The van der Waals surface area contributed by atoms with E-state index in [2.05, 4.69) is 5.10 Å². The van der Waals surface area contributed by atoms with Crippen LogP contribution in [-0.4, -0.2) is 15.7 Å². The van der Waals surface area contributed by atoms with Gasteiger partial charge in [-0.05, 0) is 19.8 Å². The van der Waals surface area contributed by atoms with Crippen LogP contribution in [0.25, 0.3) is 0 Å². The molecule has 2 N–H and O–H groups in total. The largest absolute Gasteiger partial charge is 0.396 e. The highest BCUT2D eigenvalue weighted by Gasteiger charge is 2.43. The van der Waals surface area contributed by atoms with E-state index >= 15 is 0 Å². The Balaban J connectivity index is 2.09. The summed E-state index contributed by atoms with van der Waals surface area (Å²) in [4.78, 5) is 0. The number of nitrogens with two attached hydrogens (primary N) is 1. The van der Waals surface area contributed by atoms with Crippen LogP contribution < -0.4 is 5.73 Å². The van der Waals surface area contributed by atoms with Crippen LogP contribution in [0.1, 0.15) is 25.0 Å². The third-order valence-corrected chi connectivity index (χ3v) is 3.05. The predicted molar refractivity (Wildman–Crippen MR) is 53.7 cm³/mol. The third-order valence-electron chi connectivity index (χ3n) is 3.05. The second-order valence-electron chi connectivity index (χ2n) is 4.24. The first-order valence-electron chi connectivity index (χ1n) is 5.16. The zero-order valence-electron chi connectivity index (χ0n) is 8.71. The Morgan fingerprint density at radius 2 is 2.40 bits per heavy atom. The molecule has 5 heteroatoms. The fourth-order valence-electron chi connectivity index (χ4n) is 2.08. The molecule has 0 amide bonds. The maximum absolute atomic E-state index is 13.3. The summed E-state index contributed by atoms with van der Waals surface area (Å²) in [5.41, 5.74) is 6.88. The van der Waals surface area contributed by atoms with E-state index in [0.29, 0.717) is 24.2 Å². The van der Waals surface area contributed by atoms with Gasteiger partial charge in [-0.1, -0.05) is 0 Å². The molecule has 0 bridgehead atoms. The van der Waals surface area contributed by atoms with Crippen molar-refractivity contribution in [2.75, 3.05) is 5.73 Å². The lowest BCUT2D eigenvalue weighted by Crippen LogP contribution is -2.26. The Kier molecular flexibility index (Phi) is 2.40. The molecule has 3 nitrogen and oxygen atoms in total. The standard InChI is InChI=1S/C10H15F2N3/c1-7-9(13)6-15(14-7)5-8-3-2-4-10(8,11)12/h6,8H,2-5,13H2,1H3. The van der Waals surface area contributed by atoms with Crippen molar-refractivity contribution in [1.82, 2.24) is 9.78 Å². The third kappa shape index (κ3) is 1.96. The molecule has 1 saturated carbocycles.